The number of halogens is 2. The highest BCUT2D eigenvalue weighted by Crippen LogP contribution is 2.33. The van der Waals surface area contributed by atoms with Gasteiger partial charge in [-0.25, -0.2) is 4.39 Å². The third-order valence-corrected chi connectivity index (χ3v) is 3.10. The largest absolute Gasteiger partial charge is 0.385 e. The van der Waals surface area contributed by atoms with Gasteiger partial charge in [0.2, 0.25) is 0 Å². The van der Waals surface area contributed by atoms with Gasteiger partial charge in [0.05, 0.1) is 5.60 Å². The summed E-state index contributed by atoms with van der Waals surface area (Å²) >= 11 is 5.67. The molecule has 1 aromatic rings. The predicted octanol–water partition coefficient (Wildman–Crippen LogP) is 2.05. The second kappa shape index (κ2) is 4.08. The third kappa shape index (κ3) is 2.14. The Bertz CT molecular complexity index is 364. The van der Waals surface area contributed by atoms with Crippen molar-refractivity contribution in [1.82, 2.24) is 5.32 Å². The summed E-state index contributed by atoms with van der Waals surface area (Å²) in [5.41, 5.74) is -0.687. The molecule has 0 bridgehead atoms. The first-order valence-electron chi connectivity index (χ1n) is 5.00. The lowest BCUT2D eigenvalue weighted by Crippen LogP contribution is -2.40. The summed E-state index contributed by atoms with van der Waals surface area (Å²) in [5, 5.41) is 13.8. The van der Waals surface area contributed by atoms with Crippen LogP contribution in [0.1, 0.15) is 18.4 Å². The van der Waals surface area contributed by atoms with Gasteiger partial charge < -0.3 is 10.4 Å². The van der Waals surface area contributed by atoms with Crippen molar-refractivity contribution in [2.24, 2.45) is 0 Å². The Kier molecular flexibility index (Phi) is 2.96. The molecule has 1 fully saturated rings. The predicted molar refractivity (Wildman–Crippen MR) is 57.4 cm³/mol. The average molecular weight is 230 g/mol. The van der Waals surface area contributed by atoms with E-state index in [0.717, 1.165) is 0 Å². The topological polar surface area (TPSA) is 32.3 Å². The van der Waals surface area contributed by atoms with Gasteiger partial charge in [-0.15, -0.1) is 0 Å². The molecule has 2 rings (SSSR count). The maximum absolute atomic E-state index is 13.6. The number of nitrogens with one attached hydrogen (secondary N) is 1. The Balaban J connectivity index is 2.35. The molecule has 0 aliphatic carbocycles. The molecule has 15 heavy (non-hydrogen) atoms. The van der Waals surface area contributed by atoms with Gasteiger partial charge in [0.1, 0.15) is 5.82 Å². The van der Waals surface area contributed by atoms with E-state index in [1.165, 1.54) is 6.07 Å². The number of aliphatic hydroxyl groups is 1. The molecule has 1 aromatic carbocycles. The zero-order valence-corrected chi connectivity index (χ0v) is 9.02. The van der Waals surface area contributed by atoms with Gasteiger partial charge in [-0.3, -0.25) is 0 Å². The maximum Gasteiger partial charge on any atom is 0.130 e. The fraction of sp³-hybridized carbons (Fsp3) is 0.455. The highest BCUT2D eigenvalue weighted by Gasteiger charge is 2.33. The van der Waals surface area contributed by atoms with E-state index in [4.69, 9.17) is 11.6 Å². The minimum atomic E-state index is -1.04. The van der Waals surface area contributed by atoms with Crippen LogP contribution in [0.15, 0.2) is 18.2 Å². The first-order chi connectivity index (χ1) is 7.12. The van der Waals surface area contributed by atoms with E-state index in [1.54, 1.807) is 12.1 Å². The lowest BCUT2D eigenvalue weighted by atomic mass is 9.85. The summed E-state index contributed by atoms with van der Waals surface area (Å²) in [6, 6.07) is 4.43. The van der Waals surface area contributed by atoms with Gasteiger partial charge in [0.25, 0.3) is 0 Å². The first kappa shape index (κ1) is 10.9. The molecule has 0 saturated carbocycles. The van der Waals surface area contributed by atoms with E-state index in [1.807, 2.05) is 0 Å². The molecular formula is C11H13ClFNO. The monoisotopic (exact) mass is 229 g/mol. The van der Waals surface area contributed by atoms with Crippen molar-refractivity contribution in [3.63, 3.8) is 0 Å². The van der Waals surface area contributed by atoms with Crippen LogP contribution in [0.5, 0.6) is 0 Å². The lowest BCUT2D eigenvalue weighted by Gasteiger charge is -2.33. The summed E-state index contributed by atoms with van der Waals surface area (Å²) in [7, 11) is 0. The summed E-state index contributed by atoms with van der Waals surface area (Å²) in [6.07, 6.45) is 1.07. The molecule has 0 unspecified atom stereocenters. The molecule has 4 heteroatoms. The van der Waals surface area contributed by atoms with Gasteiger partial charge in [-0.1, -0.05) is 17.7 Å². The third-order valence-electron chi connectivity index (χ3n) is 2.86. The van der Waals surface area contributed by atoms with E-state index < -0.39 is 11.4 Å². The van der Waals surface area contributed by atoms with Crippen molar-refractivity contribution in [3.05, 3.63) is 34.6 Å². The van der Waals surface area contributed by atoms with Crippen molar-refractivity contribution < 1.29 is 9.50 Å². The van der Waals surface area contributed by atoms with Crippen LogP contribution in [0.4, 0.5) is 4.39 Å². The van der Waals surface area contributed by atoms with E-state index in [-0.39, 0.29) is 0 Å². The molecular weight excluding hydrogens is 217 g/mol. The van der Waals surface area contributed by atoms with Crippen molar-refractivity contribution in [2.45, 2.75) is 18.4 Å². The van der Waals surface area contributed by atoms with E-state index in [0.29, 0.717) is 36.5 Å². The Morgan fingerprint density at radius 3 is 2.60 bits per heavy atom. The number of piperidine rings is 1. The van der Waals surface area contributed by atoms with Gasteiger partial charge in [-0.05, 0) is 38.1 Å². The Morgan fingerprint density at radius 1 is 1.33 bits per heavy atom. The number of hydrogen-bond acceptors (Lipinski definition) is 2. The summed E-state index contributed by atoms with van der Waals surface area (Å²) in [6.45, 7) is 1.41. The maximum atomic E-state index is 13.6. The highest BCUT2D eigenvalue weighted by atomic mass is 35.5. The normalized spacial score (nSPS) is 20.2. The van der Waals surface area contributed by atoms with E-state index in [2.05, 4.69) is 5.32 Å². The average Bonchev–Trinajstić information content (AvgIpc) is 2.18. The van der Waals surface area contributed by atoms with E-state index in [9.17, 15) is 9.50 Å². The van der Waals surface area contributed by atoms with E-state index >= 15 is 0 Å². The second-order valence-electron chi connectivity index (χ2n) is 3.91. The molecule has 0 amide bonds. The molecule has 1 saturated heterocycles. The number of benzene rings is 1. The molecule has 1 aliphatic heterocycles. The molecule has 82 valence electrons. The van der Waals surface area contributed by atoms with Crippen LogP contribution >= 0.6 is 11.6 Å². The van der Waals surface area contributed by atoms with Crippen molar-refractivity contribution in [3.8, 4) is 0 Å². The quantitative estimate of drug-likeness (QED) is 0.773. The van der Waals surface area contributed by atoms with Crippen molar-refractivity contribution >= 4 is 11.6 Å². The fourth-order valence-electron chi connectivity index (χ4n) is 1.98. The zero-order valence-electron chi connectivity index (χ0n) is 8.26. The fourth-order valence-corrected chi connectivity index (χ4v) is 2.14. The van der Waals surface area contributed by atoms with Crippen LogP contribution in [0, 0.1) is 5.82 Å². The molecule has 0 radical (unpaired) electrons. The number of rotatable bonds is 1. The minimum Gasteiger partial charge on any atom is -0.385 e. The summed E-state index contributed by atoms with van der Waals surface area (Å²) in [4.78, 5) is 0. The molecule has 2 N–H and O–H groups in total. The zero-order chi connectivity index (χ0) is 10.9. The van der Waals surface area contributed by atoms with Crippen LogP contribution in [-0.2, 0) is 5.60 Å². The highest BCUT2D eigenvalue weighted by molar-refractivity contribution is 6.30. The summed E-state index contributed by atoms with van der Waals surface area (Å²) in [5.74, 6) is -0.424. The Hall–Kier alpha value is -0.640. The second-order valence-corrected chi connectivity index (χ2v) is 4.34. The molecule has 1 aliphatic rings. The van der Waals surface area contributed by atoms with Crippen LogP contribution in [0.2, 0.25) is 5.02 Å². The van der Waals surface area contributed by atoms with Gasteiger partial charge >= 0.3 is 0 Å². The lowest BCUT2D eigenvalue weighted by molar-refractivity contribution is 0.00277. The van der Waals surface area contributed by atoms with Crippen LogP contribution in [-0.4, -0.2) is 18.2 Å². The standard InChI is InChI=1S/C11H13ClFNO/c12-8-1-2-9(10(13)7-8)11(15)3-5-14-6-4-11/h1-2,7,14-15H,3-6H2. The summed E-state index contributed by atoms with van der Waals surface area (Å²) < 4.78 is 13.6. The smallest absolute Gasteiger partial charge is 0.130 e. The van der Waals surface area contributed by atoms with Gasteiger partial charge in [-0.2, -0.15) is 0 Å². The van der Waals surface area contributed by atoms with Crippen LogP contribution in [0.3, 0.4) is 0 Å². The van der Waals surface area contributed by atoms with Crippen molar-refractivity contribution in [2.75, 3.05) is 13.1 Å². The van der Waals surface area contributed by atoms with Crippen LogP contribution in [0.25, 0.3) is 0 Å². The Labute approximate surface area is 93.1 Å². The SMILES string of the molecule is OC1(c2ccc(Cl)cc2F)CCNCC1. The molecule has 2 nitrogen and oxygen atoms in total. The minimum absolute atomic E-state index is 0.355. The van der Waals surface area contributed by atoms with Crippen molar-refractivity contribution in [1.29, 1.82) is 0 Å². The molecule has 1 heterocycles. The molecule has 0 atom stereocenters. The van der Waals surface area contributed by atoms with Gasteiger partial charge in [0, 0.05) is 10.6 Å². The molecule has 0 spiro atoms. The Morgan fingerprint density at radius 2 is 2.00 bits per heavy atom. The first-order valence-corrected chi connectivity index (χ1v) is 5.38. The van der Waals surface area contributed by atoms with Crippen LogP contribution < -0.4 is 5.32 Å². The molecule has 0 aromatic heterocycles. The number of hydrogen-bond donors (Lipinski definition) is 2. The van der Waals surface area contributed by atoms with Gasteiger partial charge in [0.15, 0.2) is 0 Å².